The number of primary sulfonamides is 1. The van der Waals surface area contributed by atoms with Gasteiger partial charge in [0, 0.05) is 6.61 Å². The van der Waals surface area contributed by atoms with Gasteiger partial charge in [0.05, 0.1) is 22.9 Å². The Balaban J connectivity index is 2.96. The molecule has 1 aromatic carbocycles. The Morgan fingerprint density at radius 1 is 1.25 bits per heavy atom. The quantitative estimate of drug-likeness (QED) is 0.697. The maximum absolute atomic E-state index is 13.3. The number of sulfonamides is 2. The summed E-state index contributed by atoms with van der Waals surface area (Å²) in [6.07, 6.45) is 0. The van der Waals surface area contributed by atoms with E-state index in [1.54, 1.807) is 6.92 Å². The van der Waals surface area contributed by atoms with E-state index in [-0.39, 0.29) is 18.0 Å². The Hall–Kier alpha value is -1.23. The highest BCUT2D eigenvalue weighted by Gasteiger charge is 2.15. The van der Waals surface area contributed by atoms with E-state index in [0.717, 1.165) is 12.1 Å². The van der Waals surface area contributed by atoms with Crippen LogP contribution >= 0.6 is 0 Å². The molecular weight excluding hydrogens is 311 g/mol. The summed E-state index contributed by atoms with van der Waals surface area (Å²) >= 11 is 0. The Morgan fingerprint density at radius 2 is 1.90 bits per heavy atom. The van der Waals surface area contributed by atoms with Crippen LogP contribution in [0.2, 0.25) is 0 Å². The maximum atomic E-state index is 13.3. The number of anilines is 1. The second-order valence-electron chi connectivity index (χ2n) is 3.84. The van der Waals surface area contributed by atoms with Crippen LogP contribution < -0.4 is 9.86 Å². The van der Waals surface area contributed by atoms with Crippen LogP contribution in [0.15, 0.2) is 23.1 Å². The van der Waals surface area contributed by atoms with Crippen molar-refractivity contribution in [3.63, 3.8) is 0 Å². The number of rotatable bonds is 7. The van der Waals surface area contributed by atoms with Crippen molar-refractivity contribution in [2.24, 2.45) is 5.14 Å². The van der Waals surface area contributed by atoms with Gasteiger partial charge in [-0.05, 0) is 25.1 Å². The first-order valence-corrected chi connectivity index (χ1v) is 8.75. The molecule has 114 valence electrons. The number of hydrogen-bond donors (Lipinski definition) is 2. The van der Waals surface area contributed by atoms with Gasteiger partial charge in [0.15, 0.2) is 0 Å². The predicted molar refractivity (Wildman–Crippen MR) is 71.7 cm³/mol. The Morgan fingerprint density at radius 3 is 2.45 bits per heavy atom. The van der Waals surface area contributed by atoms with E-state index in [1.165, 1.54) is 0 Å². The fourth-order valence-electron chi connectivity index (χ4n) is 1.33. The molecule has 0 spiro atoms. The molecule has 3 N–H and O–H groups in total. The number of halogens is 1. The molecular formula is C10H15FN2O5S2. The zero-order valence-electron chi connectivity index (χ0n) is 10.7. The minimum atomic E-state index is -4.12. The summed E-state index contributed by atoms with van der Waals surface area (Å²) in [7, 11) is -7.89. The van der Waals surface area contributed by atoms with E-state index < -0.39 is 30.8 Å². The molecule has 0 aliphatic rings. The van der Waals surface area contributed by atoms with E-state index >= 15 is 0 Å². The van der Waals surface area contributed by atoms with E-state index in [2.05, 4.69) is 4.72 Å². The Labute approximate surface area is 117 Å². The van der Waals surface area contributed by atoms with E-state index in [1.807, 2.05) is 0 Å². The zero-order chi connectivity index (χ0) is 15.4. The highest BCUT2D eigenvalue weighted by atomic mass is 32.2. The lowest BCUT2D eigenvalue weighted by Gasteiger charge is -2.09. The van der Waals surface area contributed by atoms with Crippen molar-refractivity contribution in [1.29, 1.82) is 0 Å². The molecule has 0 bridgehead atoms. The van der Waals surface area contributed by atoms with Crippen LogP contribution in [0.25, 0.3) is 0 Å². The van der Waals surface area contributed by atoms with Crippen LogP contribution in [0, 0.1) is 5.82 Å². The molecule has 1 rings (SSSR count). The molecule has 0 heterocycles. The topological polar surface area (TPSA) is 116 Å². The molecule has 0 aliphatic heterocycles. The normalized spacial score (nSPS) is 12.3. The lowest BCUT2D eigenvalue weighted by Crippen LogP contribution is -2.21. The van der Waals surface area contributed by atoms with E-state index in [0.29, 0.717) is 12.7 Å². The largest absolute Gasteiger partial charge is 0.381 e. The lowest BCUT2D eigenvalue weighted by atomic mass is 10.3. The number of ether oxygens (including phenoxy) is 1. The van der Waals surface area contributed by atoms with Gasteiger partial charge in [-0.2, -0.15) is 0 Å². The van der Waals surface area contributed by atoms with E-state index in [4.69, 9.17) is 9.88 Å². The van der Waals surface area contributed by atoms with Crippen LogP contribution in [0.5, 0.6) is 0 Å². The minimum Gasteiger partial charge on any atom is -0.381 e. The van der Waals surface area contributed by atoms with Crippen molar-refractivity contribution in [2.75, 3.05) is 23.7 Å². The zero-order valence-corrected chi connectivity index (χ0v) is 12.3. The van der Waals surface area contributed by atoms with Crippen LogP contribution in [0.1, 0.15) is 6.92 Å². The Bertz CT molecular complexity index is 673. The SMILES string of the molecule is CCOCCS(=O)(=O)Nc1cc(F)cc(S(N)(=O)=O)c1. The van der Waals surface area contributed by atoms with Crippen LogP contribution in [-0.2, 0) is 24.8 Å². The number of nitrogens with one attached hydrogen (secondary N) is 1. The van der Waals surface area contributed by atoms with Gasteiger partial charge in [-0.3, -0.25) is 4.72 Å². The van der Waals surface area contributed by atoms with Gasteiger partial charge in [-0.1, -0.05) is 0 Å². The fourth-order valence-corrected chi connectivity index (χ4v) is 2.81. The highest BCUT2D eigenvalue weighted by molar-refractivity contribution is 7.92. The molecule has 0 aromatic heterocycles. The van der Waals surface area contributed by atoms with Gasteiger partial charge in [-0.15, -0.1) is 0 Å². The standard InChI is InChI=1S/C10H15FN2O5S2/c1-2-18-3-4-19(14,15)13-9-5-8(11)6-10(7-9)20(12,16)17/h5-7,13H,2-4H2,1H3,(H2,12,16,17). The second-order valence-corrected chi connectivity index (χ2v) is 7.24. The van der Waals surface area contributed by atoms with Gasteiger partial charge in [0.2, 0.25) is 20.0 Å². The first kappa shape index (κ1) is 16.8. The third-order valence-electron chi connectivity index (χ3n) is 2.17. The lowest BCUT2D eigenvalue weighted by molar-refractivity contribution is 0.163. The molecule has 0 saturated carbocycles. The number of nitrogens with two attached hydrogens (primary N) is 1. The summed E-state index contributed by atoms with van der Waals surface area (Å²) in [6, 6.07) is 2.50. The van der Waals surface area contributed by atoms with Crippen molar-refractivity contribution in [3.05, 3.63) is 24.0 Å². The number of hydrogen-bond acceptors (Lipinski definition) is 5. The Kier molecular flexibility index (Phi) is 5.45. The summed E-state index contributed by atoms with van der Waals surface area (Å²) in [5, 5.41) is 4.86. The summed E-state index contributed by atoms with van der Waals surface area (Å²) in [5.74, 6) is -1.25. The van der Waals surface area contributed by atoms with Gasteiger partial charge in [0.1, 0.15) is 5.82 Å². The molecule has 7 nitrogen and oxygen atoms in total. The maximum Gasteiger partial charge on any atom is 0.238 e. The van der Waals surface area contributed by atoms with Crippen molar-refractivity contribution >= 4 is 25.7 Å². The molecule has 1 aromatic rings. The van der Waals surface area contributed by atoms with Crippen molar-refractivity contribution in [3.8, 4) is 0 Å². The average Bonchev–Trinajstić information content (AvgIpc) is 2.26. The fraction of sp³-hybridized carbons (Fsp3) is 0.400. The minimum absolute atomic E-state index is 0.0246. The summed E-state index contributed by atoms with van der Waals surface area (Å²) in [4.78, 5) is -0.514. The predicted octanol–water partition coefficient (Wildman–Crippen LogP) is 0.251. The third kappa shape index (κ3) is 5.41. The van der Waals surface area contributed by atoms with Crippen molar-refractivity contribution < 1.29 is 26.0 Å². The monoisotopic (exact) mass is 326 g/mol. The van der Waals surface area contributed by atoms with Crippen LogP contribution in [-0.4, -0.2) is 35.8 Å². The molecule has 20 heavy (non-hydrogen) atoms. The van der Waals surface area contributed by atoms with Crippen LogP contribution in [0.3, 0.4) is 0 Å². The van der Waals surface area contributed by atoms with E-state index in [9.17, 15) is 21.2 Å². The highest BCUT2D eigenvalue weighted by Crippen LogP contribution is 2.18. The molecule has 0 unspecified atom stereocenters. The smallest absolute Gasteiger partial charge is 0.238 e. The number of benzene rings is 1. The average molecular weight is 326 g/mol. The first-order valence-electron chi connectivity index (χ1n) is 5.55. The second kappa shape index (κ2) is 6.48. The van der Waals surface area contributed by atoms with Crippen molar-refractivity contribution in [1.82, 2.24) is 0 Å². The van der Waals surface area contributed by atoms with Gasteiger partial charge in [-0.25, -0.2) is 26.4 Å². The molecule has 0 amide bonds. The molecule has 0 saturated heterocycles. The first-order chi connectivity index (χ1) is 9.14. The van der Waals surface area contributed by atoms with Gasteiger partial charge < -0.3 is 4.74 Å². The van der Waals surface area contributed by atoms with Gasteiger partial charge in [0.25, 0.3) is 0 Å². The molecule has 0 atom stereocenters. The summed E-state index contributed by atoms with van der Waals surface area (Å²) in [6.45, 7) is 2.05. The summed E-state index contributed by atoms with van der Waals surface area (Å²) in [5.41, 5.74) is -0.217. The van der Waals surface area contributed by atoms with Gasteiger partial charge >= 0.3 is 0 Å². The van der Waals surface area contributed by atoms with Crippen LogP contribution in [0.4, 0.5) is 10.1 Å². The molecule has 0 radical (unpaired) electrons. The summed E-state index contributed by atoms with van der Waals surface area (Å²) < 4.78 is 65.8. The van der Waals surface area contributed by atoms with Crippen molar-refractivity contribution in [2.45, 2.75) is 11.8 Å². The molecule has 0 fully saturated rings. The third-order valence-corrected chi connectivity index (χ3v) is 4.32. The molecule has 0 aliphatic carbocycles. The molecule has 10 heteroatoms.